The number of rotatable bonds is 2. The summed E-state index contributed by atoms with van der Waals surface area (Å²) in [6.45, 7) is 3.82. The summed E-state index contributed by atoms with van der Waals surface area (Å²) in [4.78, 5) is 11.4. The maximum absolute atomic E-state index is 11.4. The molecule has 1 saturated carbocycles. The van der Waals surface area contributed by atoms with Gasteiger partial charge in [-0.15, -0.1) is 0 Å². The van der Waals surface area contributed by atoms with Crippen LogP contribution in [-0.2, 0) is 10.2 Å². The summed E-state index contributed by atoms with van der Waals surface area (Å²) >= 11 is 0. The molecule has 2 rings (SSSR count). The van der Waals surface area contributed by atoms with Gasteiger partial charge in [0.2, 0.25) is 0 Å². The van der Waals surface area contributed by atoms with Crippen molar-refractivity contribution >= 4 is 5.97 Å². The zero-order chi connectivity index (χ0) is 12.6. The number of nitrogens with zero attached hydrogens (tertiary/aromatic N) is 1. The number of aliphatic carboxylic acids is 1. The van der Waals surface area contributed by atoms with E-state index in [1.54, 1.807) is 6.07 Å². The van der Waals surface area contributed by atoms with Crippen LogP contribution in [0.3, 0.4) is 0 Å². The van der Waals surface area contributed by atoms with E-state index in [1.165, 1.54) is 0 Å². The monoisotopic (exact) mass is 229 g/mol. The van der Waals surface area contributed by atoms with Gasteiger partial charge in [0.05, 0.1) is 17.0 Å². The Hall–Kier alpha value is -1.82. The van der Waals surface area contributed by atoms with Crippen LogP contribution in [0.25, 0.3) is 0 Å². The highest BCUT2D eigenvalue weighted by atomic mass is 16.4. The van der Waals surface area contributed by atoms with E-state index < -0.39 is 11.4 Å². The molecule has 88 valence electrons. The molecule has 0 atom stereocenters. The standard InChI is InChI=1S/C14H15NO2/c1-9-6-12(7-11(8-15)10(9)2)14(13(16)17)4-3-5-14/h6-7H,3-5H2,1-2H3,(H,16,17). The van der Waals surface area contributed by atoms with E-state index in [0.29, 0.717) is 18.4 Å². The first-order valence-corrected chi connectivity index (χ1v) is 5.76. The Morgan fingerprint density at radius 1 is 1.41 bits per heavy atom. The molecule has 0 amide bonds. The fraction of sp³-hybridized carbons (Fsp3) is 0.429. The van der Waals surface area contributed by atoms with Crippen LogP contribution in [0.5, 0.6) is 0 Å². The van der Waals surface area contributed by atoms with Gasteiger partial charge in [0.15, 0.2) is 0 Å². The number of carbonyl (C=O) groups is 1. The third kappa shape index (κ3) is 1.61. The minimum atomic E-state index is -0.768. The van der Waals surface area contributed by atoms with Crippen molar-refractivity contribution in [3.8, 4) is 6.07 Å². The van der Waals surface area contributed by atoms with E-state index in [9.17, 15) is 9.90 Å². The van der Waals surface area contributed by atoms with Crippen molar-refractivity contribution in [2.45, 2.75) is 38.5 Å². The molecule has 1 aliphatic rings. The lowest BCUT2D eigenvalue weighted by Crippen LogP contribution is -2.42. The fourth-order valence-electron chi connectivity index (χ4n) is 2.41. The van der Waals surface area contributed by atoms with Gasteiger partial charge in [0.25, 0.3) is 0 Å². The van der Waals surface area contributed by atoms with E-state index >= 15 is 0 Å². The first-order chi connectivity index (χ1) is 8.01. The van der Waals surface area contributed by atoms with Gasteiger partial charge in [-0.25, -0.2) is 0 Å². The van der Waals surface area contributed by atoms with Crippen molar-refractivity contribution in [1.82, 2.24) is 0 Å². The number of nitriles is 1. The molecule has 0 unspecified atom stereocenters. The average molecular weight is 229 g/mol. The second-order valence-electron chi connectivity index (χ2n) is 4.82. The summed E-state index contributed by atoms with van der Waals surface area (Å²) in [6.07, 6.45) is 2.30. The van der Waals surface area contributed by atoms with Crippen molar-refractivity contribution in [2.75, 3.05) is 0 Å². The summed E-state index contributed by atoms with van der Waals surface area (Å²) in [5.41, 5.74) is 2.57. The summed E-state index contributed by atoms with van der Waals surface area (Å²) in [7, 11) is 0. The van der Waals surface area contributed by atoms with Crippen molar-refractivity contribution in [2.24, 2.45) is 0 Å². The van der Waals surface area contributed by atoms with Crippen LogP contribution in [-0.4, -0.2) is 11.1 Å². The van der Waals surface area contributed by atoms with Gasteiger partial charge in [-0.1, -0.05) is 12.5 Å². The molecule has 0 bridgehead atoms. The minimum absolute atomic E-state index is 0.590. The predicted molar refractivity (Wildman–Crippen MR) is 63.8 cm³/mol. The number of hydrogen-bond donors (Lipinski definition) is 1. The van der Waals surface area contributed by atoms with E-state index in [0.717, 1.165) is 23.1 Å². The smallest absolute Gasteiger partial charge is 0.314 e. The van der Waals surface area contributed by atoms with Crippen LogP contribution >= 0.6 is 0 Å². The summed E-state index contributed by atoms with van der Waals surface area (Å²) in [5.74, 6) is -0.768. The quantitative estimate of drug-likeness (QED) is 0.848. The van der Waals surface area contributed by atoms with Crippen LogP contribution in [0.1, 0.15) is 41.5 Å². The second kappa shape index (κ2) is 3.89. The van der Waals surface area contributed by atoms with E-state index in [4.69, 9.17) is 5.26 Å². The minimum Gasteiger partial charge on any atom is -0.481 e. The van der Waals surface area contributed by atoms with Gasteiger partial charge < -0.3 is 5.11 Å². The highest BCUT2D eigenvalue weighted by Crippen LogP contribution is 2.44. The molecule has 0 spiro atoms. The molecule has 17 heavy (non-hydrogen) atoms. The lowest BCUT2D eigenvalue weighted by Gasteiger charge is -2.38. The molecule has 1 N–H and O–H groups in total. The highest BCUT2D eigenvalue weighted by molar-refractivity contribution is 5.83. The zero-order valence-corrected chi connectivity index (χ0v) is 10.1. The zero-order valence-electron chi connectivity index (χ0n) is 10.1. The van der Waals surface area contributed by atoms with Crippen molar-refractivity contribution in [3.05, 3.63) is 34.4 Å². The topological polar surface area (TPSA) is 61.1 Å². The number of hydrogen-bond acceptors (Lipinski definition) is 2. The summed E-state index contributed by atoms with van der Waals surface area (Å²) in [6, 6.07) is 5.81. The maximum Gasteiger partial charge on any atom is 0.314 e. The highest BCUT2D eigenvalue weighted by Gasteiger charge is 2.46. The Kier molecular flexibility index (Phi) is 2.66. The van der Waals surface area contributed by atoms with Crippen LogP contribution in [0.2, 0.25) is 0 Å². The maximum atomic E-state index is 11.4. The second-order valence-corrected chi connectivity index (χ2v) is 4.82. The number of carboxylic acids is 1. The molecule has 3 nitrogen and oxygen atoms in total. The summed E-state index contributed by atoms with van der Waals surface area (Å²) in [5, 5.41) is 18.4. The third-order valence-corrected chi connectivity index (χ3v) is 3.96. The predicted octanol–water partition coefficient (Wildman–Crippen LogP) is 2.68. The fourth-order valence-corrected chi connectivity index (χ4v) is 2.41. The van der Waals surface area contributed by atoms with Crippen molar-refractivity contribution < 1.29 is 9.90 Å². The Labute approximate surface area is 101 Å². The van der Waals surface area contributed by atoms with E-state index in [1.807, 2.05) is 19.9 Å². The van der Waals surface area contributed by atoms with Crippen LogP contribution < -0.4 is 0 Å². The molecule has 1 aromatic rings. The average Bonchev–Trinajstić information content (AvgIpc) is 2.20. The number of carboxylic acid groups (broad SMARTS) is 1. The molecule has 3 heteroatoms. The van der Waals surface area contributed by atoms with Gasteiger partial charge in [0, 0.05) is 0 Å². The molecule has 0 saturated heterocycles. The summed E-state index contributed by atoms with van der Waals surface area (Å²) < 4.78 is 0. The van der Waals surface area contributed by atoms with Crippen LogP contribution in [0.4, 0.5) is 0 Å². The van der Waals surface area contributed by atoms with E-state index in [-0.39, 0.29) is 0 Å². The Balaban J connectivity index is 2.57. The third-order valence-electron chi connectivity index (χ3n) is 3.96. The first-order valence-electron chi connectivity index (χ1n) is 5.76. The van der Waals surface area contributed by atoms with Gasteiger partial charge in [-0.2, -0.15) is 5.26 Å². The van der Waals surface area contributed by atoms with Gasteiger partial charge >= 0.3 is 5.97 Å². The normalized spacial score (nSPS) is 17.0. The first kappa shape index (κ1) is 11.7. The van der Waals surface area contributed by atoms with Gasteiger partial charge in [-0.3, -0.25) is 4.79 Å². The Morgan fingerprint density at radius 2 is 2.06 bits per heavy atom. The molecule has 0 aromatic heterocycles. The molecule has 1 aromatic carbocycles. The molecule has 1 fully saturated rings. The molecule has 0 heterocycles. The molecule has 0 aliphatic heterocycles. The molecule has 0 radical (unpaired) electrons. The SMILES string of the molecule is Cc1cc(C2(C(=O)O)CCC2)cc(C#N)c1C. The lowest BCUT2D eigenvalue weighted by atomic mass is 9.64. The molecular weight excluding hydrogens is 214 g/mol. The number of aryl methyl sites for hydroxylation is 1. The van der Waals surface area contributed by atoms with E-state index in [2.05, 4.69) is 6.07 Å². The van der Waals surface area contributed by atoms with Crippen LogP contribution in [0.15, 0.2) is 12.1 Å². The number of benzene rings is 1. The lowest BCUT2D eigenvalue weighted by molar-refractivity contribution is -0.147. The molecule has 1 aliphatic carbocycles. The van der Waals surface area contributed by atoms with Gasteiger partial charge in [-0.05, 0) is 49.4 Å². The molecular formula is C14H15NO2. The van der Waals surface area contributed by atoms with Gasteiger partial charge in [0.1, 0.15) is 0 Å². The van der Waals surface area contributed by atoms with Crippen molar-refractivity contribution in [1.29, 1.82) is 5.26 Å². The van der Waals surface area contributed by atoms with Crippen LogP contribution in [0, 0.1) is 25.2 Å². The Bertz CT molecular complexity index is 522. The van der Waals surface area contributed by atoms with Crippen molar-refractivity contribution in [3.63, 3.8) is 0 Å². The Morgan fingerprint density at radius 3 is 2.47 bits per heavy atom. The largest absolute Gasteiger partial charge is 0.481 e.